The van der Waals surface area contributed by atoms with Crippen LogP contribution in [0.1, 0.15) is 125 Å². The zero-order valence-electron chi connectivity index (χ0n) is 27.2. The van der Waals surface area contributed by atoms with Crippen LogP contribution in [-0.4, -0.2) is 102 Å². The lowest BCUT2D eigenvalue weighted by Gasteiger charge is -2.36. The van der Waals surface area contributed by atoms with E-state index in [1.807, 2.05) is 20.8 Å². The third-order valence-corrected chi connectivity index (χ3v) is 11.3. The highest BCUT2D eigenvalue weighted by Crippen LogP contribution is 2.21. The van der Waals surface area contributed by atoms with Gasteiger partial charge < -0.3 is 23.1 Å². The fourth-order valence-corrected chi connectivity index (χ4v) is 8.45. The Morgan fingerprint density at radius 1 is 0.487 bits per heavy atom. The third-order valence-electron chi connectivity index (χ3n) is 8.15. The van der Waals surface area contributed by atoms with Crippen molar-refractivity contribution in [3.05, 3.63) is 0 Å². The maximum Gasteiger partial charge on any atom is 0.500 e. The molecule has 0 bridgehead atoms. The number of rotatable bonds is 28. The largest absolute Gasteiger partial charge is 0.500 e. The number of nitrogens with zero attached hydrogens (tertiary/aromatic N) is 3. The van der Waals surface area contributed by atoms with E-state index in [0.29, 0.717) is 19.8 Å². The second kappa shape index (κ2) is 25.7. The van der Waals surface area contributed by atoms with Crippen LogP contribution in [0.2, 0.25) is 6.04 Å². The van der Waals surface area contributed by atoms with Gasteiger partial charge in [-0.15, -0.1) is 0 Å². The SMILES string of the molecule is CCCCCCN(CCCCCC)CCN1CCN(CCCCCCCC[Si](OCC)(OCC)OCC)CC1. The molecule has 0 N–H and O–H groups in total. The van der Waals surface area contributed by atoms with Gasteiger partial charge in [0.25, 0.3) is 0 Å². The van der Waals surface area contributed by atoms with Crippen molar-refractivity contribution >= 4 is 8.80 Å². The smallest absolute Gasteiger partial charge is 0.374 e. The highest BCUT2D eigenvalue weighted by atomic mass is 28.4. The fourth-order valence-electron chi connectivity index (χ4n) is 5.76. The number of hydrogen-bond donors (Lipinski definition) is 0. The molecule has 0 aromatic heterocycles. The number of piperazine rings is 1. The molecule has 0 spiro atoms. The van der Waals surface area contributed by atoms with Crippen LogP contribution in [0.4, 0.5) is 0 Å². The molecule has 1 aliphatic heterocycles. The van der Waals surface area contributed by atoms with Gasteiger partial charge in [0.15, 0.2) is 0 Å². The molecule has 0 aliphatic carbocycles. The first kappa shape index (κ1) is 37.0. The molecule has 7 heteroatoms. The van der Waals surface area contributed by atoms with Crippen LogP contribution in [0.15, 0.2) is 0 Å². The Labute approximate surface area is 245 Å². The van der Waals surface area contributed by atoms with Gasteiger partial charge in [-0.1, -0.05) is 78.1 Å². The Morgan fingerprint density at radius 2 is 0.923 bits per heavy atom. The van der Waals surface area contributed by atoms with E-state index in [-0.39, 0.29) is 0 Å². The normalized spacial score (nSPS) is 15.5. The first-order valence-electron chi connectivity index (χ1n) is 17.2. The van der Waals surface area contributed by atoms with Gasteiger partial charge in [-0.25, -0.2) is 0 Å². The highest BCUT2D eigenvalue weighted by molar-refractivity contribution is 6.60. The molecule has 1 saturated heterocycles. The molecular weight excluding hydrogens is 502 g/mol. The monoisotopic (exact) mass is 572 g/mol. The van der Waals surface area contributed by atoms with Crippen LogP contribution in [0.3, 0.4) is 0 Å². The molecule has 1 fully saturated rings. The van der Waals surface area contributed by atoms with Crippen LogP contribution in [0.25, 0.3) is 0 Å². The number of unbranched alkanes of at least 4 members (excludes halogenated alkanes) is 11. The van der Waals surface area contributed by atoms with Crippen molar-refractivity contribution < 1.29 is 13.3 Å². The van der Waals surface area contributed by atoms with Gasteiger partial charge in [0.2, 0.25) is 0 Å². The first-order valence-corrected chi connectivity index (χ1v) is 19.1. The molecule has 0 radical (unpaired) electrons. The van der Waals surface area contributed by atoms with Crippen molar-refractivity contribution in [1.82, 2.24) is 14.7 Å². The summed E-state index contributed by atoms with van der Waals surface area (Å²) in [4.78, 5) is 8.19. The van der Waals surface area contributed by atoms with Crippen LogP contribution >= 0.6 is 0 Å². The van der Waals surface area contributed by atoms with E-state index in [2.05, 4.69) is 28.5 Å². The summed E-state index contributed by atoms with van der Waals surface area (Å²) >= 11 is 0. The standard InChI is InChI=1S/C32H69N3O3Si/c1-6-11-13-19-23-33(24-20-14-12-7-2)26-29-35-30-27-34(28-31-35)25-21-17-15-16-18-22-32-39(36-8-3,37-9-4)38-10-5/h6-32H2,1-5H3. The van der Waals surface area contributed by atoms with Gasteiger partial charge in [0.1, 0.15) is 0 Å². The minimum atomic E-state index is -2.44. The predicted octanol–water partition coefficient (Wildman–Crippen LogP) is 7.46. The van der Waals surface area contributed by atoms with Gasteiger partial charge >= 0.3 is 8.80 Å². The summed E-state index contributed by atoms with van der Waals surface area (Å²) < 4.78 is 18.0. The summed E-state index contributed by atoms with van der Waals surface area (Å²) in [5.41, 5.74) is 0. The highest BCUT2D eigenvalue weighted by Gasteiger charge is 2.39. The second-order valence-corrected chi connectivity index (χ2v) is 14.2. The van der Waals surface area contributed by atoms with E-state index in [9.17, 15) is 0 Å². The molecule has 0 saturated carbocycles. The quantitative estimate of drug-likeness (QED) is 0.0717. The molecule has 0 amide bonds. The molecule has 0 aromatic carbocycles. The molecule has 0 aromatic rings. The van der Waals surface area contributed by atoms with Crippen molar-refractivity contribution in [2.75, 3.05) is 78.7 Å². The zero-order chi connectivity index (χ0) is 28.4. The minimum absolute atomic E-state index is 0.678. The van der Waals surface area contributed by atoms with Crippen LogP contribution in [0.5, 0.6) is 0 Å². The van der Waals surface area contributed by atoms with E-state index in [1.54, 1.807) is 0 Å². The fraction of sp³-hybridized carbons (Fsp3) is 1.00. The Hall–Kier alpha value is -0.0231. The van der Waals surface area contributed by atoms with Crippen molar-refractivity contribution in [3.8, 4) is 0 Å². The number of hydrogen-bond acceptors (Lipinski definition) is 6. The third kappa shape index (κ3) is 18.9. The average Bonchev–Trinajstić information content (AvgIpc) is 2.94. The molecule has 0 unspecified atom stereocenters. The Bertz CT molecular complexity index is 492. The van der Waals surface area contributed by atoms with E-state index >= 15 is 0 Å². The summed E-state index contributed by atoms with van der Waals surface area (Å²) in [5, 5.41) is 0. The minimum Gasteiger partial charge on any atom is -0.374 e. The Morgan fingerprint density at radius 3 is 1.41 bits per heavy atom. The summed E-state index contributed by atoms with van der Waals surface area (Å²) in [5.74, 6) is 0. The van der Waals surface area contributed by atoms with Crippen molar-refractivity contribution in [1.29, 1.82) is 0 Å². The average molecular weight is 572 g/mol. The molecule has 1 rings (SSSR count). The van der Waals surface area contributed by atoms with Crippen molar-refractivity contribution in [3.63, 3.8) is 0 Å². The summed E-state index contributed by atoms with van der Waals surface area (Å²) in [6.07, 6.45) is 18.8. The van der Waals surface area contributed by atoms with Crippen molar-refractivity contribution in [2.45, 2.75) is 131 Å². The molecule has 0 atom stereocenters. The molecule has 234 valence electrons. The van der Waals surface area contributed by atoms with E-state index in [0.717, 1.165) is 12.5 Å². The Kier molecular flexibility index (Phi) is 24.4. The lowest BCUT2D eigenvalue weighted by Crippen LogP contribution is -2.48. The van der Waals surface area contributed by atoms with Crippen LogP contribution in [-0.2, 0) is 13.3 Å². The second-order valence-electron chi connectivity index (χ2n) is 11.5. The predicted molar refractivity (Wildman–Crippen MR) is 171 cm³/mol. The maximum atomic E-state index is 5.99. The van der Waals surface area contributed by atoms with Gasteiger partial charge in [-0.3, -0.25) is 4.90 Å². The lowest BCUT2D eigenvalue weighted by molar-refractivity contribution is 0.0706. The molecule has 1 aliphatic rings. The summed E-state index contributed by atoms with van der Waals surface area (Å²) in [6.45, 7) is 24.2. The molecule has 1 heterocycles. The van der Waals surface area contributed by atoms with Crippen molar-refractivity contribution in [2.24, 2.45) is 0 Å². The van der Waals surface area contributed by atoms with Gasteiger partial charge in [0.05, 0.1) is 0 Å². The first-order chi connectivity index (χ1) is 19.1. The molecule has 6 nitrogen and oxygen atoms in total. The van der Waals surface area contributed by atoms with E-state index in [4.69, 9.17) is 13.3 Å². The Balaban J connectivity index is 2.14. The van der Waals surface area contributed by atoms with Gasteiger partial charge in [-0.2, -0.15) is 0 Å². The van der Waals surface area contributed by atoms with Crippen LogP contribution < -0.4 is 0 Å². The maximum absolute atomic E-state index is 5.99. The summed E-state index contributed by atoms with van der Waals surface area (Å²) in [7, 11) is -2.44. The molecule has 39 heavy (non-hydrogen) atoms. The van der Waals surface area contributed by atoms with E-state index in [1.165, 1.54) is 142 Å². The topological polar surface area (TPSA) is 37.4 Å². The summed E-state index contributed by atoms with van der Waals surface area (Å²) in [6, 6.07) is 0.961. The van der Waals surface area contributed by atoms with Crippen LogP contribution in [0, 0.1) is 0 Å². The zero-order valence-corrected chi connectivity index (χ0v) is 28.2. The van der Waals surface area contributed by atoms with Gasteiger partial charge in [-0.05, 0) is 66.1 Å². The van der Waals surface area contributed by atoms with Gasteiger partial charge in [0, 0.05) is 65.1 Å². The van der Waals surface area contributed by atoms with E-state index < -0.39 is 8.80 Å². The lowest BCUT2D eigenvalue weighted by atomic mass is 10.1. The molecular formula is C32H69N3O3Si.